The van der Waals surface area contributed by atoms with E-state index < -0.39 is 0 Å². The van der Waals surface area contributed by atoms with E-state index in [1.165, 1.54) is 6.42 Å². The first-order chi connectivity index (χ1) is 9.40. The minimum Gasteiger partial charge on any atom is -0.497 e. The molecule has 21 heavy (non-hydrogen) atoms. The normalized spacial score (nSPS) is 15.9. The number of carbonyl (C=O) groups excluding carboxylic acids is 1. The van der Waals surface area contributed by atoms with E-state index in [0.717, 1.165) is 35.4 Å². The molecule has 1 saturated carbocycles. The van der Waals surface area contributed by atoms with Gasteiger partial charge in [0.1, 0.15) is 5.75 Å². The fourth-order valence-corrected chi connectivity index (χ4v) is 4.53. The first-order valence-corrected chi connectivity index (χ1v) is 9.28. The molecule has 1 fully saturated rings. The van der Waals surface area contributed by atoms with E-state index in [4.69, 9.17) is 4.74 Å². The van der Waals surface area contributed by atoms with Crippen LogP contribution < -0.4 is 10.1 Å². The smallest absolute Gasteiger partial charge is 0.234 e. The van der Waals surface area contributed by atoms with Crippen molar-refractivity contribution in [3.05, 3.63) is 23.3 Å². The first kappa shape index (κ1) is 19.1. The van der Waals surface area contributed by atoms with Crippen molar-refractivity contribution in [3.8, 4) is 5.75 Å². The molecule has 1 aliphatic carbocycles. The van der Waals surface area contributed by atoms with Crippen LogP contribution >= 0.6 is 7.92 Å². The Morgan fingerprint density at radius 3 is 2.14 bits per heavy atom. The number of benzene rings is 1. The standard InChI is InChI=1S/C16H24NO2P.Y.H2/c1-11-9-13(19-3)10-12(2)14(11)17-15(18)16(20(4)5)7-6-8-16;;/h9-10H,6-8H2,1-5H3,(H,17,18);;1H. The van der Waals surface area contributed by atoms with Crippen LogP contribution in [0.4, 0.5) is 5.69 Å². The Balaban J connectivity index is 0.00000220. The summed E-state index contributed by atoms with van der Waals surface area (Å²) in [5.74, 6) is 1.04. The SMILES string of the molecule is COc1cc(C)c(NC(=O)C2(P(C)C)CCC2)c(C)c1.[HH].[Y]. The summed E-state index contributed by atoms with van der Waals surface area (Å²) in [6.07, 6.45) is 3.24. The molecule has 0 heterocycles. The molecule has 115 valence electrons. The van der Waals surface area contributed by atoms with E-state index >= 15 is 0 Å². The van der Waals surface area contributed by atoms with Crippen molar-refractivity contribution in [2.45, 2.75) is 38.3 Å². The molecule has 0 unspecified atom stereocenters. The van der Waals surface area contributed by atoms with Crippen LogP contribution in [0.1, 0.15) is 31.8 Å². The Hall–Kier alpha value is 0.0239. The number of aryl methyl sites for hydroxylation is 2. The zero-order valence-corrected chi connectivity index (χ0v) is 17.3. The van der Waals surface area contributed by atoms with Crippen molar-refractivity contribution in [3.63, 3.8) is 0 Å². The molecule has 1 aliphatic rings. The van der Waals surface area contributed by atoms with Crippen LogP contribution in [0.15, 0.2) is 12.1 Å². The Morgan fingerprint density at radius 1 is 1.29 bits per heavy atom. The van der Waals surface area contributed by atoms with Crippen molar-refractivity contribution in [2.75, 3.05) is 25.8 Å². The van der Waals surface area contributed by atoms with E-state index in [1.807, 2.05) is 26.0 Å². The summed E-state index contributed by atoms with van der Waals surface area (Å²) in [6, 6.07) is 3.94. The van der Waals surface area contributed by atoms with Crippen molar-refractivity contribution < 1.29 is 43.7 Å². The van der Waals surface area contributed by atoms with Crippen LogP contribution in [0.25, 0.3) is 0 Å². The molecule has 2 rings (SSSR count). The van der Waals surface area contributed by atoms with Crippen molar-refractivity contribution >= 4 is 19.5 Å². The molecule has 0 atom stereocenters. The van der Waals surface area contributed by atoms with Crippen LogP contribution in [0.3, 0.4) is 0 Å². The number of rotatable bonds is 4. The van der Waals surface area contributed by atoms with Crippen molar-refractivity contribution in [1.82, 2.24) is 0 Å². The second-order valence-electron chi connectivity index (χ2n) is 5.87. The molecule has 1 aromatic carbocycles. The van der Waals surface area contributed by atoms with Gasteiger partial charge in [0, 0.05) is 39.8 Å². The second kappa shape index (κ2) is 7.53. The number of hydrogen-bond donors (Lipinski definition) is 1. The van der Waals surface area contributed by atoms with Gasteiger partial charge in [-0.1, -0.05) is 14.3 Å². The van der Waals surface area contributed by atoms with Gasteiger partial charge in [-0.3, -0.25) is 4.79 Å². The number of carbonyl (C=O) groups is 1. The van der Waals surface area contributed by atoms with Gasteiger partial charge in [0.25, 0.3) is 0 Å². The summed E-state index contributed by atoms with van der Waals surface area (Å²) >= 11 is 0. The van der Waals surface area contributed by atoms with E-state index in [-0.39, 0.29) is 53.1 Å². The Kier molecular flexibility index (Phi) is 6.84. The largest absolute Gasteiger partial charge is 0.497 e. The average molecular weight is 384 g/mol. The first-order valence-electron chi connectivity index (χ1n) is 7.05. The van der Waals surface area contributed by atoms with Crippen molar-refractivity contribution in [1.29, 1.82) is 0 Å². The molecule has 1 radical (unpaired) electrons. The molecular formula is C16H26NO2PY. The molecule has 3 nitrogen and oxygen atoms in total. The average Bonchev–Trinajstić information content (AvgIpc) is 2.31. The molecule has 0 aromatic heterocycles. The van der Waals surface area contributed by atoms with Gasteiger partial charge in [-0.25, -0.2) is 0 Å². The van der Waals surface area contributed by atoms with Gasteiger partial charge in [-0.05, 0) is 63.3 Å². The maximum Gasteiger partial charge on any atom is 0.234 e. The maximum absolute atomic E-state index is 12.7. The maximum atomic E-state index is 12.7. The fraction of sp³-hybridized carbons (Fsp3) is 0.562. The molecule has 0 bridgehead atoms. The van der Waals surface area contributed by atoms with E-state index in [1.54, 1.807) is 7.11 Å². The summed E-state index contributed by atoms with van der Waals surface area (Å²) in [6.45, 7) is 8.45. The van der Waals surface area contributed by atoms with Crippen LogP contribution in [0, 0.1) is 13.8 Å². The molecule has 0 saturated heterocycles. The third-order valence-corrected chi connectivity index (χ3v) is 6.80. The van der Waals surface area contributed by atoms with E-state index in [9.17, 15) is 4.79 Å². The van der Waals surface area contributed by atoms with Gasteiger partial charge in [-0.15, -0.1) is 0 Å². The molecule has 1 aromatic rings. The molecule has 0 aliphatic heterocycles. The minimum absolute atomic E-state index is 0. The van der Waals surface area contributed by atoms with Gasteiger partial charge in [0.05, 0.1) is 12.3 Å². The monoisotopic (exact) mass is 384 g/mol. The Bertz CT molecular complexity index is 510. The van der Waals surface area contributed by atoms with Gasteiger partial charge in [0.15, 0.2) is 0 Å². The van der Waals surface area contributed by atoms with E-state index in [0.29, 0.717) is 0 Å². The minimum atomic E-state index is -0.260. The van der Waals surface area contributed by atoms with Gasteiger partial charge in [0.2, 0.25) is 5.91 Å². The second-order valence-corrected chi connectivity index (χ2v) is 8.51. The Morgan fingerprint density at radius 2 is 1.81 bits per heavy atom. The summed E-state index contributed by atoms with van der Waals surface area (Å²) < 4.78 is 5.26. The number of nitrogens with one attached hydrogen (secondary N) is 1. The Labute approximate surface area is 155 Å². The topological polar surface area (TPSA) is 38.3 Å². The summed E-state index contributed by atoms with van der Waals surface area (Å²) in [7, 11) is 1.40. The number of anilines is 1. The molecule has 1 amide bonds. The number of hydrogen-bond acceptors (Lipinski definition) is 2. The third-order valence-electron chi connectivity index (χ3n) is 4.44. The fourth-order valence-electron chi connectivity index (χ4n) is 2.86. The number of methoxy groups -OCH3 is 1. The summed E-state index contributed by atoms with van der Waals surface area (Å²) in [5, 5.41) is 3.07. The predicted molar refractivity (Wildman–Crippen MR) is 88.6 cm³/mol. The van der Waals surface area contributed by atoms with Crippen molar-refractivity contribution in [2.24, 2.45) is 0 Å². The zero-order chi connectivity index (χ0) is 14.9. The van der Waals surface area contributed by atoms with Crippen LogP contribution in [0.2, 0.25) is 0 Å². The molecule has 1 N–H and O–H groups in total. The van der Waals surface area contributed by atoms with Gasteiger partial charge < -0.3 is 10.1 Å². The summed E-state index contributed by atoms with van der Waals surface area (Å²) in [5.41, 5.74) is 3.06. The number of ether oxygens (including phenoxy) is 1. The van der Waals surface area contributed by atoms with Gasteiger partial charge in [-0.2, -0.15) is 0 Å². The van der Waals surface area contributed by atoms with Gasteiger partial charge >= 0.3 is 0 Å². The summed E-state index contributed by atoms with van der Waals surface area (Å²) in [4.78, 5) is 12.7. The predicted octanol–water partition coefficient (Wildman–Crippen LogP) is 4.16. The zero-order valence-electron chi connectivity index (χ0n) is 13.6. The molecule has 0 spiro atoms. The molecule has 5 heteroatoms. The third kappa shape index (κ3) is 3.68. The van der Waals surface area contributed by atoms with Crippen LogP contribution in [0.5, 0.6) is 5.75 Å². The number of amides is 1. The van der Waals surface area contributed by atoms with Crippen LogP contribution in [-0.2, 0) is 37.5 Å². The quantitative estimate of drug-likeness (QED) is 0.792. The van der Waals surface area contributed by atoms with E-state index in [2.05, 4.69) is 18.6 Å². The van der Waals surface area contributed by atoms with Crippen LogP contribution in [-0.4, -0.2) is 31.5 Å². The molecular weight excluding hydrogens is 358 g/mol.